The van der Waals surface area contributed by atoms with E-state index in [0.717, 1.165) is 18.4 Å². The molecule has 2 rings (SSSR count). The molecule has 0 heterocycles. The van der Waals surface area contributed by atoms with Crippen molar-refractivity contribution in [3.63, 3.8) is 0 Å². The quantitative estimate of drug-likeness (QED) is 0.816. The second-order valence-electron chi connectivity index (χ2n) is 4.38. The van der Waals surface area contributed by atoms with Crippen LogP contribution in [0.15, 0.2) is 18.2 Å². The predicted molar refractivity (Wildman–Crippen MR) is 60.5 cm³/mol. The zero-order valence-electron chi connectivity index (χ0n) is 9.16. The molecule has 3 N–H and O–H groups in total. The topological polar surface area (TPSA) is 55.1 Å². The Morgan fingerprint density at radius 2 is 2.19 bits per heavy atom. The van der Waals surface area contributed by atoms with Gasteiger partial charge in [0.15, 0.2) is 0 Å². The van der Waals surface area contributed by atoms with Gasteiger partial charge in [0.05, 0.1) is 0 Å². The summed E-state index contributed by atoms with van der Waals surface area (Å²) < 4.78 is 13.1. The first-order valence-electron chi connectivity index (χ1n) is 5.39. The fraction of sp³-hybridized carbons (Fsp3) is 0.417. The fourth-order valence-corrected chi connectivity index (χ4v) is 1.85. The highest BCUT2D eigenvalue weighted by Crippen LogP contribution is 2.34. The van der Waals surface area contributed by atoms with Gasteiger partial charge in [-0.15, -0.1) is 0 Å². The largest absolute Gasteiger partial charge is 0.373 e. The summed E-state index contributed by atoms with van der Waals surface area (Å²) in [4.78, 5) is 11.2. The van der Waals surface area contributed by atoms with Gasteiger partial charge in [0.2, 0.25) is 5.91 Å². The van der Waals surface area contributed by atoms with Crippen LogP contribution < -0.4 is 11.1 Å². The minimum Gasteiger partial charge on any atom is -0.373 e. The van der Waals surface area contributed by atoms with Crippen LogP contribution >= 0.6 is 0 Å². The van der Waals surface area contributed by atoms with Crippen molar-refractivity contribution >= 4 is 11.6 Å². The summed E-state index contributed by atoms with van der Waals surface area (Å²) in [7, 11) is 0. The highest BCUT2D eigenvalue weighted by molar-refractivity contribution is 5.83. The summed E-state index contributed by atoms with van der Waals surface area (Å²) in [5, 5.41) is 3.01. The molecule has 16 heavy (non-hydrogen) atoms. The third-order valence-electron chi connectivity index (χ3n) is 2.76. The van der Waals surface area contributed by atoms with Gasteiger partial charge >= 0.3 is 0 Å². The van der Waals surface area contributed by atoms with Crippen LogP contribution in [0.3, 0.4) is 0 Å². The van der Waals surface area contributed by atoms with Crippen molar-refractivity contribution in [3.8, 4) is 0 Å². The van der Waals surface area contributed by atoms with Crippen LogP contribution in [0.2, 0.25) is 0 Å². The molecule has 1 atom stereocenters. The number of nitrogens with two attached hydrogens (primary N) is 1. The molecule has 1 aromatic carbocycles. The van der Waals surface area contributed by atoms with Gasteiger partial charge in [0, 0.05) is 5.69 Å². The van der Waals surface area contributed by atoms with Crippen molar-refractivity contribution in [2.24, 2.45) is 11.7 Å². The number of hydrogen-bond donors (Lipinski definition) is 2. The van der Waals surface area contributed by atoms with Crippen LogP contribution in [0, 0.1) is 18.7 Å². The fourth-order valence-electron chi connectivity index (χ4n) is 1.85. The monoisotopic (exact) mass is 222 g/mol. The molecule has 1 aliphatic rings. The zero-order valence-corrected chi connectivity index (χ0v) is 9.16. The van der Waals surface area contributed by atoms with Crippen molar-refractivity contribution < 1.29 is 9.18 Å². The van der Waals surface area contributed by atoms with E-state index in [-0.39, 0.29) is 17.8 Å². The number of hydrogen-bond acceptors (Lipinski definition) is 2. The van der Waals surface area contributed by atoms with Gasteiger partial charge in [-0.05, 0) is 49.4 Å². The van der Waals surface area contributed by atoms with Gasteiger partial charge in [-0.25, -0.2) is 4.39 Å². The first kappa shape index (κ1) is 10.9. The van der Waals surface area contributed by atoms with E-state index < -0.39 is 0 Å². The standard InChI is InChI=1S/C12H15FN2O/c1-7-4-9(13)6-10(5-7)15-11(12(14)16)8-2-3-8/h4-6,8,11,15H,2-3H2,1H3,(H2,14,16). The summed E-state index contributed by atoms with van der Waals surface area (Å²) in [6.45, 7) is 1.81. The van der Waals surface area contributed by atoms with E-state index in [1.807, 2.05) is 6.92 Å². The number of halogens is 1. The molecule has 1 aliphatic carbocycles. The molecule has 1 amide bonds. The maximum Gasteiger partial charge on any atom is 0.240 e. The Labute approximate surface area is 93.8 Å². The number of primary amides is 1. The smallest absolute Gasteiger partial charge is 0.240 e. The van der Waals surface area contributed by atoms with Crippen molar-refractivity contribution in [2.75, 3.05) is 5.32 Å². The average molecular weight is 222 g/mol. The van der Waals surface area contributed by atoms with E-state index in [0.29, 0.717) is 11.6 Å². The van der Waals surface area contributed by atoms with E-state index in [2.05, 4.69) is 5.32 Å². The first-order valence-corrected chi connectivity index (χ1v) is 5.39. The Morgan fingerprint density at radius 3 is 2.69 bits per heavy atom. The number of anilines is 1. The van der Waals surface area contributed by atoms with Crippen LogP contribution in [-0.4, -0.2) is 11.9 Å². The molecule has 86 valence electrons. The maximum atomic E-state index is 13.1. The lowest BCUT2D eigenvalue weighted by atomic mass is 10.1. The number of aryl methyl sites for hydroxylation is 1. The maximum absolute atomic E-state index is 13.1. The van der Waals surface area contributed by atoms with Crippen molar-refractivity contribution in [1.82, 2.24) is 0 Å². The predicted octanol–water partition coefficient (Wildman–Crippen LogP) is 1.81. The van der Waals surface area contributed by atoms with E-state index in [9.17, 15) is 9.18 Å². The number of carbonyl (C=O) groups is 1. The third kappa shape index (κ3) is 2.51. The van der Waals surface area contributed by atoms with Crippen LogP contribution in [0.25, 0.3) is 0 Å². The lowest BCUT2D eigenvalue weighted by Gasteiger charge is -2.16. The Hall–Kier alpha value is -1.58. The zero-order chi connectivity index (χ0) is 11.7. The van der Waals surface area contributed by atoms with Crippen LogP contribution in [0.5, 0.6) is 0 Å². The minimum absolute atomic E-state index is 0.304. The van der Waals surface area contributed by atoms with Crippen LogP contribution in [0.4, 0.5) is 10.1 Å². The van der Waals surface area contributed by atoms with Gasteiger partial charge < -0.3 is 11.1 Å². The molecule has 4 heteroatoms. The molecular formula is C12H15FN2O. The normalized spacial score (nSPS) is 16.9. The number of carbonyl (C=O) groups excluding carboxylic acids is 1. The van der Waals surface area contributed by atoms with Crippen LogP contribution in [-0.2, 0) is 4.79 Å². The van der Waals surface area contributed by atoms with Crippen molar-refractivity contribution in [2.45, 2.75) is 25.8 Å². The third-order valence-corrected chi connectivity index (χ3v) is 2.76. The molecule has 0 aromatic heterocycles. The number of nitrogens with one attached hydrogen (secondary N) is 1. The Balaban J connectivity index is 2.14. The molecule has 1 unspecified atom stereocenters. The average Bonchev–Trinajstić information content (AvgIpc) is 2.95. The SMILES string of the molecule is Cc1cc(F)cc(NC(C(N)=O)C2CC2)c1. The molecule has 1 aromatic rings. The Kier molecular flexibility index (Phi) is 2.81. The molecule has 0 spiro atoms. The van der Waals surface area contributed by atoms with Gasteiger partial charge in [-0.2, -0.15) is 0 Å². The van der Waals surface area contributed by atoms with Crippen molar-refractivity contribution in [1.29, 1.82) is 0 Å². The number of rotatable bonds is 4. The lowest BCUT2D eigenvalue weighted by Crippen LogP contribution is -2.37. The Bertz CT molecular complexity index is 395. The summed E-state index contributed by atoms with van der Waals surface area (Å²) >= 11 is 0. The molecule has 0 bridgehead atoms. The van der Waals surface area contributed by atoms with Gasteiger partial charge in [-0.1, -0.05) is 0 Å². The van der Waals surface area contributed by atoms with E-state index in [1.54, 1.807) is 6.07 Å². The second kappa shape index (κ2) is 4.12. The highest BCUT2D eigenvalue weighted by Gasteiger charge is 2.34. The summed E-state index contributed by atoms with van der Waals surface area (Å²) in [5.41, 5.74) is 6.75. The van der Waals surface area contributed by atoms with E-state index >= 15 is 0 Å². The highest BCUT2D eigenvalue weighted by atomic mass is 19.1. The lowest BCUT2D eigenvalue weighted by molar-refractivity contribution is -0.119. The summed E-state index contributed by atoms with van der Waals surface area (Å²) in [6.07, 6.45) is 2.02. The molecule has 0 aliphatic heterocycles. The number of amides is 1. The van der Waals surface area contributed by atoms with Crippen molar-refractivity contribution in [3.05, 3.63) is 29.6 Å². The molecule has 0 saturated heterocycles. The number of benzene rings is 1. The Morgan fingerprint density at radius 1 is 1.50 bits per heavy atom. The molecule has 3 nitrogen and oxygen atoms in total. The summed E-state index contributed by atoms with van der Waals surface area (Å²) in [5.74, 6) is -0.369. The minimum atomic E-state index is -0.374. The first-order chi connectivity index (χ1) is 7.56. The van der Waals surface area contributed by atoms with Gasteiger partial charge in [0.25, 0.3) is 0 Å². The van der Waals surface area contributed by atoms with E-state index in [4.69, 9.17) is 5.73 Å². The van der Waals surface area contributed by atoms with E-state index in [1.165, 1.54) is 12.1 Å². The summed E-state index contributed by atoms with van der Waals surface area (Å²) in [6, 6.07) is 4.26. The van der Waals surface area contributed by atoms with Crippen LogP contribution in [0.1, 0.15) is 18.4 Å². The second-order valence-corrected chi connectivity index (χ2v) is 4.38. The van der Waals surface area contributed by atoms with Gasteiger partial charge in [0.1, 0.15) is 11.9 Å². The molecule has 1 fully saturated rings. The molecular weight excluding hydrogens is 207 g/mol. The molecule has 1 saturated carbocycles. The molecule has 0 radical (unpaired) electrons. The van der Waals surface area contributed by atoms with Gasteiger partial charge in [-0.3, -0.25) is 4.79 Å².